The van der Waals surface area contributed by atoms with E-state index in [0.717, 1.165) is 30.6 Å². The lowest BCUT2D eigenvalue weighted by Gasteiger charge is -2.35. The van der Waals surface area contributed by atoms with Crippen LogP contribution in [0.3, 0.4) is 0 Å². The van der Waals surface area contributed by atoms with E-state index in [1.165, 1.54) is 12.8 Å². The number of rotatable bonds is 5. The number of hydrogen-bond donors (Lipinski definition) is 1. The van der Waals surface area contributed by atoms with Gasteiger partial charge in [0, 0.05) is 30.7 Å². The van der Waals surface area contributed by atoms with E-state index in [0.29, 0.717) is 18.1 Å². The third kappa shape index (κ3) is 4.22. The maximum Gasteiger partial charge on any atom is 0.253 e. The van der Waals surface area contributed by atoms with Gasteiger partial charge in [-0.1, -0.05) is 6.92 Å². The Kier molecular flexibility index (Phi) is 6.53. The summed E-state index contributed by atoms with van der Waals surface area (Å²) in [5, 5.41) is 3.63. The van der Waals surface area contributed by atoms with Crippen molar-refractivity contribution in [3.8, 4) is 5.75 Å². The van der Waals surface area contributed by atoms with Crippen LogP contribution in [0.2, 0.25) is 0 Å². The molecular formula is C19H29ClN2O2. The molecule has 3 unspecified atom stereocenters. The van der Waals surface area contributed by atoms with Gasteiger partial charge in [-0.05, 0) is 63.3 Å². The lowest BCUT2D eigenvalue weighted by Crippen LogP contribution is -2.48. The number of carbonyl (C=O) groups excluding carboxylic acids is 1. The highest BCUT2D eigenvalue weighted by atomic mass is 35.5. The van der Waals surface area contributed by atoms with Crippen LogP contribution in [0.5, 0.6) is 5.75 Å². The van der Waals surface area contributed by atoms with Gasteiger partial charge in [-0.25, -0.2) is 0 Å². The fourth-order valence-corrected chi connectivity index (χ4v) is 3.70. The maximum atomic E-state index is 12.7. The molecule has 0 spiro atoms. The molecule has 1 aromatic carbocycles. The van der Waals surface area contributed by atoms with E-state index in [1.807, 2.05) is 36.2 Å². The summed E-state index contributed by atoms with van der Waals surface area (Å²) < 4.78 is 5.78. The first-order chi connectivity index (χ1) is 11.1. The minimum atomic E-state index is 0. The summed E-state index contributed by atoms with van der Waals surface area (Å²) in [6.07, 6.45) is 5.84. The number of halogens is 1. The molecule has 1 aromatic rings. The van der Waals surface area contributed by atoms with Crippen LogP contribution >= 0.6 is 12.4 Å². The van der Waals surface area contributed by atoms with E-state index in [2.05, 4.69) is 19.2 Å². The summed E-state index contributed by atoms with van der Waals surface area (Å²) in [5.41, 5.74) is 0.745. The third-order valence-electron chi connectivity index (χ3n) is 5.33. The monoisotopic (exact) mass is 352 g/mol. The van der Waals surface area contributed by atoms with Crippen molar-refractivity contribution < 1.29 is 9.53 Å². The molecule has 4 nitrogen and oxygen atoms in total. The van der Waals surface area contributed by atoms with Crippen LogP contribution in [-0.2, 0) is 0 Å². The minimum Gasteiger partial charge on any atom is -0.491 e. The minimum absolute atomic E-state index is 0. The van der Waals surface area contributed by atoms with Crippen LogP contribution in [0.15, 0.2) is 24.3 Å². The van der Waals surface area contributed by atoms with Crippen molar-refractivity contribution in [3.05, 3.63) is 29.8 Å². The molecule has 0 saturated carbocycles. The fourth-order valence-electron chi connectivity index (χ4n) is 3.70. The van der Waals surface area contributed by atoms with Crippen LogP contribution in [0, 0.1) is 0 Å². The number of hydrogen-bond acceptors (Lipinski definition) is 3. The van der Waals surface area contributed by atoms with Crippen LogP contribution in [0.4, 0.5) is 0 Å². The molecule has 0 radical (unpaired) electrons. The molecule has 1 amide bonds. The second kappa shape index (κ2) is 8.21. The van der Waals surface area contributed by atoms with Gasteiger partial charge < -0.3 is 15.0 Å². The molecule has 2 saturated heterocycles. The summed E-state index contributed by atoms with van der Waals surface area (Å²) in [4.78, 5) is 14.7. The number of carbonyl (C=O) groups is 1. The van der Waals surface area contributed by atoms with Crippen molar-refractivity contribution in [2.24, 2.45) is 0 Å². The van der Waals surface area contributed by atoms with Crippen LogP contribution in [0.1, 0.15) is 56.3 Å². The molecule has 0 aliphatic carbocycles. The lowest BCUT2D eigenvalue weighted by atomic mass is 9.98. The molecule has 2 fully saturated rings. The fraction of sp³-hybridized carbons (Fsp3) is 0.632. The predicted molar refractivity (Wildman–Crippen MR) is 99.1 cm³/mol. The average molecular weight is 353 g/mol. The van der Waals surface area contributed by atoms with E-state index in [-0.39, 0.29) is 24.4 Å². The predicted octanol–water partition coefficient (Wildman–Crippen LogP) is 3.64. The van der Waals surface area contributed by atoms with E-state index < -0.39 is 0 Å². The van der Waals surface area contributed by atoms with Gasteiger partial charge in [0.1, 0.15) is 5.75 Å². The highest BCUT2D eigenvalue weighted by Gasteiger charge is 2.36. The Morgan fingerprint density at radius 3 is 2.38 bits per heavy atom. The number of nitrogens with zero attached hydrogens (tertiary/aromatic N) is 1. The Balaban J connectivity index is 0.00000208. The Bertz CT molecular complexity index is 537. The Morgan fingerprint density at radius 2 is 1.83 bits per heavy atom. The Labute approximate surface area is 151 Å². The molecule has 0 aromatic heterocycles. The number of piperidine rings is 1. The molecule has 2 aliphatic rings. The van der Waals surface area contributed by atoms with Crippen molar-refractivity contribution in [1.29, 1.82) is 0 Å². The van der Waals surface area contributed by atoms with Gasteiger partial charge in [-0.2, -0.15) is 0 Å². The summed E-state index contributed by atoms with van der Waals surface area (Å²) in [5.74, 6) is 0.949. The smallest absolute Gasteiger partial charge is 0.253 e. The third-order valence-corrected chi connectivity index (χ3v) is 5.33. The maximum absolute atomic E-state index is 12.7. The zero-order valence-corrected chi connectivity index (χ0v) is 15.6. The zero-order chi connectivity index (χ0) is 16.4. The lowest BCUT2D eigenvalue weighted by molar-refractivity contribution is 0.0681. The molecule has 24 heavy (non-hydrogen) atoms. The van der Waals surface area contributed by atoms with Crippen LogP contribution < -0.4 is 10.1 Å². The van der Waals surface area contributed by atoms with E-state index >= 15 is 0 Å². The normalized spacial score (nSPS) is 26.4. The number of fused-ring (bicyclic) bond motifs is 2. The molecule has 2 heterocycles. The molecule has 134 valence electrons. The van der Waals surface area contributed by atoms with Crippen molar-refractivity contribution in [3.63, 3.8) is 0 Å². The van der Waals surface area contributed by atoms with Gasteiger partial charge in [0.15, 0.2) is 0 Å². The Hall–Kier alpha value is -1.26. The van der Waals surface area contributed by atoms with Crippen molar-refractivity contribution >= 4 is 18.3 Å². The highest BCUT2D eigenvalue weighted by molar-refractivity contribution is 5.94. The number of nitrogens with one attached hydrogen (secondary N) is 1. The highest BCUT2D eigenvalue weighted by Crippen LogP contribution is 2.30. The standard InChI is InChI=1S/C19H28N2O2.ClH/c1-4-13(2)23-18-9-5-14(6-10-18)19(22)21(3)17-11-15-7-8-16(12-17)20-15;/h5-6,9-10,13,15-17,20H,4,7-8,11-12H2,1-3H3;1H. The first-order valence-corrected chi connectivity index (χ1v) is 8.86. The largest absolute Gasteiger partial charge is 0.491 e. The number of ether oxygens (including phenoxy) is 1. The molecule has 2 aliphatic heterocycles. The zero-order valence-electron chi connectivity index (χ0n) is 14.8. The second-order valence-electron chi connectivity index (χ2n) is 7.04. The molecule has 5 heteroatoms. The first-order valence-electron chi connectivity index (χ1n) is 8.86. The SMILES string of the molecule is CCC(C)Oc1ccc(C(=O)N(C)C2CC3CCC(C2)N3)cc1.Cl. The molecule has 3 atom stereocenters. The first kappa shape index (κ1) is 19.1. The molecular weight excluding hydrogens is 324 g/mol. The van der Waals surface area contributed by atoms with Gasteiger partial charge in [0.25, 0.3) is 5.91 Å². The molecule has 2 bridgehead atoms. The number of amides is 1. The summed E-state index contributed by atoms with van der Waals surface area (Å²) in [6.45, 7) is 4.15. The molecule has 3 rings (SSSR count). The van der Waals surface area contributed by atoms with Gasteiger partial charge in [-0.15, -0.1) is 12.4 Å². The van der Waals surface area contributed by atoms with Gasteiger partial charge in [-0.3, -0.25) is 4.79 Å². The Morgan fingerprint density at radius 1 is 1.25 bits per heavy atom. The average Bonchev–Trinajstić information content (AvgIpc) is 2.92. The summed E-state index contributed by atoms with van der Waals surface area (Å²) >= 11 is 0. The van der Waals surface area contributed by atoms with Crippen molar-refractivity contribution in [1.82, 2.24) is 10.2 Å². The van der Waals surface area contributed by atoms with Crippen molar-refractivity contribution in [2.45, 2.75) is 70.2 Å². The molecule has 1 N–H and O–H groups in total. The summed E-state index contributed by atoms with van der Waals surface area (Å²) in [7, 11) is 1.95. The quantitative estimate of drug-likeness (QED) is 0.879. The van der Waals surface area contributed by atoms with E-state index in [1.54, 1.807) is 0 Å². The number of benzene rings is 1. The summed E-state index contributed by atoms with van der Waals surface area (Å²) in [6, 6.07) is 9.12. The van der Waals surface area contributed by atoms with Crippen molar-refractivity contribution in [2.75, 3.05) is 7.05 Å². The topological polar surface area (TPSA) is 41.6 Å². The van der Waals surface area contributed by atoms with Gasteiger partial charge in [0.2, 0.25) is 0 Å². The second-order valence-corrected chi connectivity index (χ2v) is 7.04. The van der Waals surface area contributed by atoms with Gasteiger partial charge >= 0.3 is 0 Å². The van der Waals surface area contributed by atoms with Crippen LogP contribution in [-0.4, -0.2) is 42.1 Å². The van der Waals surface area contributed by atoms with Gasteiger partial charge in [0.05, 0.1) is 6.10 Å². The van der Waals surface area contributed by atoms with E-state index in [4.69, 9.17) is 4.74 Å². The van der Waals surface area contributed by atoms with Crippen LogP contribution in [0.25, 0.3) is 0 Å². The van der Waals surface area contributed by atoms with E-state index in [9.17, 15) is 4.79 Å².